The second-order valence-corrected chi connectivity index (χ2v) is 7.79. The van der Waals surface area contributed by atoms with E-state index in [0.717, 1.165) is 12.0 Å². The number of piperidine rings is 1. The first-order chi connectivity index (χ1) is 10.1. The molecule has 0 bridgehead atoms. The molecule has 1 heterocycles. The number of nitrogens with zero attached hydrogens (tertiary/aromatic N) is 2. The molecule has 3 nitrogen and oxygen atoms in total. The van der Waals surface area contributed by atoms with Crippen LogP contribution in [0.4, 0.5) is 0 Å². The van der Waals surface area contributed by atoms with Gasteiger partial charge in [-0.25, -0.2) is 0 Å². The van der Waals surface area contributed by atoms with Gasteiger partial charge in [0.15, 0.2) is 0 Å². The van der Waals surface area contributed by atoms with Gasteiger partial charge in [0.05, 0.1) is 0 Å². The zero-order valence-corrected chi connectivity index (χ0v) is 14.8. The number of hydrogen-bond donors (Lipinski definition) is 1. The van der Waals surface area contributed by atoms with Crippen molar-refractivity contribution >= 4 is 0 Å². The highest BCUT2D eigenvalue weighted by Gasteiger charge is 2.36. The topological polar surface area (TPSA) is 18.5 Å². The van der Waals surface area contributed by atoms with Crippen LogP contribution in [0.25, 0.3) is 0 Å². The smallest absolute Gasteiger partial charge is 0.0117 e. The van der Waals surface area contributed by atoms with Crippen LogP contribution in [0.2, 0.25) is 0 Å². The lowest BCUT2D eigenvalue weighted by molar-refractivity contribution is 0.0567. The van der Waals surface area contributed by atoms with Crippen molar-refractivity contribution in [2.75, 3.05) is 46.8 Å². The molecule has 0 aromatic rings. The van der Waals surface area contributed by atoms with Crippen LogP contribution in [-0.4, -0.2) is 62.7 Å². The largest absolute Gasteiger partial charge is 0.319 e. The summed E-state index contributed by atoms with van der Waals surface area (Å²) in [5, 5.41) is 3.48. The van der Waals surface area contributed by atoms with Crippen molar-refractivity contribution < 1.29 is 0 Å². The molecule has 0 aromatic carbocycles. The lowest BCUT2D eigenvalue weighted by atomic mass is 9.70. The lowest BCUT2D eigenvalue weighted by Crippen LogP contribution is -2.50. The molecule has 1 aliphatic carbocycles. The average Bonchev–Trinajstić information content (AvgIpc) is 2.51. The Morgan fingerprint density at radius 1 is 1.14 bits per heavy atom. The van der Waals surface area contributed by atoms with Crippen molar-refractivity contribution in [1.82, 2.24) is 15.1 Å². The normalized spacial score (nSPS) is 32.7. The number of rotatable bonds is 6. The summed E-state index contributed by atoms with van der Waals surface area (Å²) in [6.45, 7) is 11.0. The third kappa shape index (κ3) is 4.67. The summed E-state index contributed by atoms with van der Waals surface area (Å²) in [5.41, 5.74) is 0.526. The Balaban J connectivity index is 1.88. The molecule has 2 fully saturated rings. The standard InChI is InChI=1S/C18H37N3/c1-5-21-12-8-17(9-13-21)20(4)15-18(14-19-3)10-6-16(2)7-11-18/h16-17,19H,5-15H2,1-4H3. The number of likely N-dealkylation sites (tertiary alicyclic amines) is 1. The van der Waals surface area contributed by atoms with E-state index < -0.39 is 0 Å². The Bertz CT molecular complexity index is 289. The molecule has 2 rings (SSSR count). The Morgan fingerprint density at radius 2 is 1.76 bits per heavy atom. The van der Waals surface area contributed by atoms with E-state index >= 15 is 0 Å². The highest BCUT2D eigenvalue weighted by Crippen LogP contribution is 2.39. The minimum atomic E-state index is 0.526. The molecule has 0 amide bonds. The van der Waals surface area contributed by atoms with E-state index in [0.29, 0.717) is 5.41 Å². The van der Waals surface area contributed by atoms with Gasteiger partial charge in [0, 0.05) is 19.1 Å². The van der Waals surface area contributed by atoms with Crippen molar-refractivity contribution in [3.8, 4) is 0 Å². The average molecular weight is 296 g/mol. The van der Waals surface area contributed by atoms with Gasteiger partial charge in [-0.15, -0.1) is 0 Å². The molecule has 0 unspecified atom stereocenters. The second-order valence-electron chi connectivity index (χ2n) is 7.79. The summed E-state index contributed by atoms with van der Waals surface area (Å²) in [4.78, 5) is 5.29. The van der Waals surface area contributed by atoms with E-state index in [-0.39, 0.29) is 0 Å². The molecule has 1 saturated heterocycles. The van der Waals surface area contributed by atoms with Crippen LogP contribution in [0, 0.1) is 11.3 Å². The van der Waals surface area contributed by atoms with Crippen molar-refractivity contribution in [3.63, 3.8) is 0 Å². The first-order valence-corrected chi connectivity index (χ1v) is 9.16. The maximum absolute atomic E-state index is 3.48. The maximum Gasteiger partial charge on any atom is 0.0117 e. The van der Waals surface area contributed by atoms with Gasteiger partial charge < -0.3 is 15.1 Å². The van der Waals surface area contributed by atoms with Crippen LogP contribution in [0.15, 0.2) is 0 Å². The summed E-state index contributed by atoms with van der Waals surface area (Å²) in [6, 6.07) is 0.806. The van der Waals surface area contributed by atoms with Gasteiger partial charge in [-0.1, -0.05) is 26.7 Å². The quantitative estimate of drug-likeness (QED) is 0.813. The molecular formula is C18H37N3. The van der Waals surface area contributed by atoms with E-state index in [9.17, 15) is 0 Å². The molecule has 2 aliphatic rings. The number of hydrogen-bond acceptors (Lipinski definition) is 3. The van der Waals surface area contributed by atoms with Gasteiger partial charge in [-0.05, 0) is 70.7 Å². The van der Waals surface area contributed by atoms with Crippen LogP contribution < -0.4 is 5.32 Å². The van der Waals surface area contributed by atoms with Crippen molar-refractivity contribution in [1.29, 1.82) is 0 Å². The predicted octanol–water partition coefficient (Wildman–Crippen LogP) is 2.82. The summed E-state index contributed by atoms with van der Waals surface area (Å²) in [7, 11) is 4.50. The van der Waals surface area contributed by atoms with Gasteiger partial charge >= 0.3 is 0 Å². The van der Waals surface area contributed by atoms with Gasteiger partial charge in [0.1, 0.15) is 0 Å². The molecule has 124 valence electrons. The van der Waals surface area contributed by atoms with Crippen LogP contribution in [-0.2, 0) is 0 Å². The molecule has 3 heteroatoms. The van der Waals surface area contributed by atoms with Crippen molar-refractivity contribution in [3.05, 3.63) is 0 Å². The van der Waals surface area contributed by atoms with Gasteiger partial charge in [0.25, 0.3) is 0 Å². The van der Waals surface area contributed by atoms with E-state index in [1.54, 1.807) is 0 Å². The monoisotopic (exact) mass is 295 g/mol. The maximum atomic E-state index is 3.48. The molecule has 0 atom stereocenters. The minimum Gasteiger partial charge on any atom is -0.319 e. The van der Waals surface area contributed by atoms with E-state index in [1.165, 1.54) is 71.2 Å². The second kappa shape index (κ2) is 7.94. The highest BCUT2D eigenvalue weighted by atomic mass is 15.2. The zero-order chi connectivity index (χ0) is 15.3. The Morgan fingerprint density at radius 3 is 2.29 bits per heavy atom. The molecule has 21 heavy (non-hydrogen) atoms. The van der Waals surface area contributed by atoms with Gasteiger partial charge in [-0.3, -0.25) is 0 Å². The molecule has 0 spiro atoms. The third-order valence-electron chi connectivity index (χ3n) is 6.10. The summed E-state index contributed by atoms with van der Waals surface area (Å²) in [6.07, 6.45) is 8.38. The molecule has 0 radical (unpaired) electrons. The fraction of sp³-hybridized carbons (Fsp3) is 1.00. The molecule has 0 aromatic heterocycles. The molecule has 1 aliphatic heterocycles. The zero-order valence-electron chi connectivity index (χ0n) is 14.8. The Kier molecular flexibility index (Phi) is 6.51. The first-order valence-electron chi connectivity index (χ1n) is 9.16. The van der Waals surface area contributed by atoms with E-state index in [2.05, 4.69) is 43.1 Å². The SMILES string of the molecule is CCN1CCC(N(C)CC2(CNC)CCC(C)CC2)CC1. The van der Waals surface area contributed by atoms with E-state index in [4.69, 9.17) is 0 Å². The van der Waals surface area contributed by atoms with Gasteiger partial charge in [0.2, 0.25) is 0 Å². The highest BCUT2D eigenvalue weighted by molar-refractivity contribution is 4.90. The fourth-order valence-corrected chi connectivity index (χ4v) is 4.47. The van der Waals surface area contributed by atoms with Crippen LogP contribution in [0.5, 0.6) is 0 Å². The van der Waals surface area contributed by atoms with E-state index in [1.807, 2.05) is 0 Å². The minimum absolute atomic E-state index is 0.526. The fourth-order valence-electron chi connectivity index (χ4n) is 4.47. The Hall–Kier alpha value is -0.120. The van der Waals surface area contributed by atoms with Crippen molar-refractivity contribution in [2.45, 2.75) is 58.4 Å². The first kappa shape index (κ1) is 17.2. The van der Waals surface area contributed by atoms with Crippen LogP contribution in [0.3, 0.4) is 0 Å². The third-order valence-corrected chi connectivity index (χ3v) is 6.10. The van der Waals surface area contributed by atoms with Crippen molar-refractivity contribution in [2.24, 2.45) is 11.3 Å². The molecule has 1 N–H and O–H groups in total. The Labute approximate surface area is 132 Å². The van der Waals surface area contributed by atoms with Crippen LogP contribution >= 0.6 is 0 Å². The molecule has 1 saturated carbocycles. The lowest BCUT2D eigenvalue weighted by Gasteiger charge is -2.45. The summed E-state index contributed by atoms with van der Waals surface area (Å²) >= 11 is 0. The predicted molar refractivity (Wildman–Crippen MR) is 91.8 cm³/mol. The summed E-state index contributed by atoms with van der Waals surface area (Å²) < 4.78 is 0. The summed E-state index contributed by atoms with van der Waals surface area (Å²) in [5.74, 6) is 0.938. The number of nitrogens with one attached hydrogen (secondary N) is 1. The van der Waals surface area contributed by atoms with Gasteiger partial charge in [-0.2, -0.15) is 0 Å². The van der Waals surface area contributed by atoms with Crippen LogP contribution in [0.1, 0.15) is 52.4 Å². The molecular weight excluding hydrogens is 258 g/mol.